The van der Waals surface area contributed by atoms with Gasteiger partial charge in [0.25, 0.3) is 5.91 Å². The van der Waals surface area contributed by atoms with E-state index in [1.165, 1.54) is 11.8 Å². The van der Waals surface area contributed by atoms with Gasteiger partial charge in [-0.05, 0) is 0 Å². The Bertz CT molecular complexity index is 864. The Balaban J connectivity index is 1.70. The molecule has 0 aromatic heterocycles. The molecule has 5 aliphatic rings. The number of ether oxygens (including phenoxy) is 1. The lowest BCUT2D eigenvalue weighted by molar-refractivity contribution is -0.227. The number of hydrogen-bond donors (Lipinski definition) is 0. The number of carbonyl (C=O) groups excluding carboxylic acids is 3. The summed E-state index contributed by atoms with van der Waals surface area (Å²) < 4.78 is 5.89. The maximum atomic E-state index is 13.1. The molecule has 2 atom stereocenters. The predicted molar refractivity (Wildman–Crippen MR) is 86.5 cm³/mol. The van der Waals surface area contributed by atoms with Crippen LogP contribution in [0.3, 0.4) is 0 Å². The summed E-state index contributed by atoms with van der Waals surface area (Å²) in [5.41, 5.74) is 0.0216. The minimum absolute atomic E-state index is 0.101. The first kappa shape index (κ1) is 14.2. The smallest absolute Gasteiger partial charge is 0.277 e. The van der Waals surface area contributed by atoms with Crippen molar-refractivity contribution in [1.29, 1.82) is 0 Å². The number of thioether (sulfide) groups is 1. The number of amides is 1. The molecule has 3 fully saturated rings. The molecule has 0 N–H and O–H groups in total. The van der Waals surface area contributed by atoms with Crippen molar-refractivity contribution in [3.63, 3.8) is 0 Å². The van der Waals surface area contributed by atoms with Crippen LogP contribution in [0.5, 0.6) is 0 Å². The molecule has 24 heavy (non-hydrogen) atoms. The number of Topliss-reactive ketones (excluding diaryl/α,β-unsaturated/α-hetero) is 2. The number of nitrogens with zero attached hydrogens (tertiary/aromatic N) is 2. The lowest BCUT2D eigenvalue weighted by Gasteiger charge is -2.59. The molecule has 0 unspecified atom stereocenters. The molecule has 4 aliphatic heterocycles. The van der Waals surface area contributed by atoms with E-state index in [1.54, 1.807) is 41.1 Å². The maximum Gasteiger partial charge on any atom is 0.277 e. The average Bonchev–Trinajstić information content (AvgIpc) is 2.62. The van der Waals surface area contributed by atoms with Gasteiger partial charge in [0.15, 0.2) is 0 Å². The molecule has 0 radical (unpaired) electrons. The fourth-order valence-corrected chi connectivity index (χ4v) is 5.20. The second kappa shape index (κ2) is 4.49. The van der Waals surface area contributed by atoms with Crippen molar-refractivity contribution in [3.05, 3.63) is 46.0 Å². The maximum absolute atomic E-state index is 13.1. The normalized spacial score (nSPS) is 31.2. The van der Waals surface area contributed by atoms with Crippen molar-refractivity contribution < 1.29 is 19.1 Å². The van der Waals surface area contributed by atoms with Crippen molar-refractivity contribution >= 4 is 29.2 Å². The highest BCUT2D eigenvalue weighted by molar-refractivity contribution is 8.04. The standard InChI is InChI=1S/C17H14N2O4S/c1-18-9-6-19-12-13(20)10-4-2-3-5-11(10)14(21)15(12)24-8-17(19,16(18)22)23-7-9/h2-5,9H,6-8H2,1H3/t9-,17+/m1/s1. The van der Waals surface area contributed by atoms with Gasteiger partial charge in [0.2, 0.25) is 17.3 Å². The molecule has 1 spiro atoms. The van der Waals surface area contributed by atoms with E-state index in [0.717, 1.165) is 0 Å². The molecule has 1 aromatic carbocycles. The van der Waals surface area contributed by atoms with E-state index in [2.05, 4.69) is 0 Å². The van der Waals surface area contributed by atoms with E-state index in [4.69, 9.17) is 4.74 Å². The first-order valence-corrected chi connectivity index (χ1v) is 8.77. The Kier molecular flexibility index (Phi) is 2.66. The Morgan fingerprint density at radius 3 is 2.62 bits per heavy atom. The van der Waals surface area contributed by atoms with Crippen LogP contribution in [-0.4, -0.2) is 65.0 Å². The van der Waals surface area contributed by atoms with Crippen LogP contribution in [0.15, 0.2) is 34.9 Å². The minimum atomic E-state index is -1.16. The molecule has 6 rings (SSSR count). The highest BCUT2D eigenvalue weighted by Gasteiger charge is 2.61. The van der Waals surface area contributed by atoms with Gasteiger partial charge in [0.05, 0.1) is 23.3 Å². The molecule has 0 saturated carbocycles. The number of piperazine rings is 1. The molecule has 2 bridgehead atoms. The fourth-order valence-electron chi connectivity index (χ4n) is 3.92. The monoisotopic (exact) mass is 342 g/mol. The van der Waals surface area contributed by atoms with E-state index in [1.807, 2.05) is 0 Å². The minimum Gasteiger partial charge on any atom is -0.344 e. The molecule has 3 saturated heterocycles. The van der Waals surface area contributed by atoms with Crippen molar-refractivity contribution in [2.24, 2.45) is 0 Å². The van der Waals surface area contributed by atoms with Crippen molar-refractivity contribution in [2.45, 2.75) is 11.8 Å². The SMILES string of the molecule is CN1C(=O)[C@@]23CSC4=C(C(=O)c5ccccc5C4=O)N2C[C@@H]1CO3. The second-order valence-electron chi connectivity index (χ2n) is 6.45. The third kappa shape index (κ3) is 1.49. The Hall–Kier alpha value is -2.12. The van der Waals surface area contributed by atoms with Crippen molar-refractivity contribution in [1.82, 2.24) is 9.80 Å². The molecule has 1 aliphatic carbocycles. The molecule has 1 amide bonds. The molecule has 122 valence electrons. The van der Waals surface area contributed by atoms with Gasteiger partial charge in [-0.25, -0.2) is 0 Å². The van der Waals surface area contributed by atoms with Gasteiger partial charge in [0, 0.05) is 24.7 Å². The average molecular weight is 342 g/mol. The summed E-state index contributed by atoms with van der Waals surface area (Å²) in [4.78, 5) is 42.6. The van der Waals surface area contributed by atoms with Gasteiger partial charge >= 0.3 is 0 Å². The zero-order valence-corrected chi connectivity index (χ0v) is 13.8. The van der Waals surface area contributed by atoms with Gasteiger partial charge in [-0.1, -0.05) is 24.3 Å². The number of fused-ring (bicyclic) bond motifs is 3. The molecular weight excluding hydrogens is 328 g/mol. The Morgan fingerprint density at radius 2 is 1.88 bits per heavy atom. The number of benzene rings is 1. The van der Waals surface area contributed by atoms with Crippen LogP contribution in [0, 0.1) is 0 Å². The summed E-state index contributed by atoms with van der Waals surface area (Å²) in [6.07, 6.45) is 0. The van der Waals surface area contributed by atoms with Gasteiger partial charge < -0.3 is 14.5 Å². The number of morpholine rings is 1. The van der Waals surface area contributed by atoms with Crippen LogP contribution in [0.25, 0.3) is 0 Å². The largest absolute Gasteiger partial charge is 0.344 e. The summed E-state index contributed by atoms with van der Waals surface area (Å²) in [6.45, 7) is 0.976. The van der Waals surface area contributed by atoms with E-state index < -0.39 is 5.72 Å². The molecular formula is C17H14N2O4S. The highest BCUT2D eigenvalue weighted by Crippen LogP contribution is 2.48. The summed E-state index contributed by atoms with van der Waals surface area (Å²) >= 11 is 1.26. The number of ketones is 2. The topological polar surface area (TPSA) is 66.9 Å². The van der Waals surface area contributed by atoms with Crippen LogP contribution in [0.2, 0.25) is 0 Å². The van der Waals surface area contributed by atoms with E-state index in [-0.39, 0.29) is 23.5 Å². The zero-order valence-electron chi connectivity index (χ0n) is 12.9. The van der Waals surface area contributed by atoms with Crippen LogP contribution < -0.4 is 0 Å². The van der Waals surface area contributed by atoms with Crippen molar-refractivity contribution in [3.8, 4) is 0 Å². The van der Waals surface area contributed by atoms with Crippen molar-refractivity contribution in [2.75, 3.05) is 26.0 Å². The van der Waals surface area contributed by atoms with Gasteiger partial charge in [0.1, 0.15) is 5.70 Å². The molecule has 7 heteroatoms. The highest BCUT2D eigenvalue weighted by atomic mass is 32.2. The van der Waals surface area contributed by atoms with E-state index in [0.29, 0.717) is 40.6 Å². The van der Waals surface area contributed by atoms with Crippen LogP contribution in [0.4, 0.5) is 0 Å². The first-order chi connectivity index (χ1) is 11.5. The molecule has 4 heterocycles. The number of hydrogen-bond acceptors (Lipinski definition) is 6. The predicted octanol–water partition coefficient (Wildman–Crippen LogP) is 0.893. The van der Waals surface area contributed by atoms with Gasteiger partial charge in [-0.2, -0.15) is 0 Å². The third-order valence-electron chi connectivity index (χ3n) is 5.28. The first-order valence-electron chi connectivity index (χ1n) is 7.79. The third-order valence-corrected chi connectivity index (χ3v) is 6.48. The molecule has 1 aromatic rings. The Labute approximate surface area is 142 Å². The fraction of sp³-hybridized carbons (Fsp3) is 0.353. The molecule has 6 nitrogen and oxygen atoms in total. The van der Waals surface area contributed by atoms with Gasteiger partial charge in [-0.3, -0.25) is 14.4 Å². The summed E-state index contributed by atoms with van der Waals surface area (Å²) in [5.74, 6) is -0.146. The zero-order chi connectivity index (χ0) is 16.6. The number of carbonyl (C=O) groups is 3. The van der Waals surface area contributed by atoms with Gasteiger partial charge in [-0.15, -0.1) is 11.8 Å². The van der Waals surface area contributed by atoms with Crippen LogP contribution in [0.1, 0.15) is 20.7 Å². The second-order valence-corrected chi connectivity index (χ2v) is 7.43. The van der Waals surface area contributed by atoms with E-state index in [9.17, 15) is 14.4 Å². The lowest BCUT2D eigenvalue weighted by atomic mass is 9.89. The van der Waals surface area contributed by atoms with Crippen LogP contribution in [-0.2, 0) is 9.53 Å². The number of likely N-dealkylation sites (N-methyl/N-ethyl adjacent to an activating group) is 1. The van der Waals surface area contributed by atoms with E-state index >= 15 is 0 Å². The number of rotatable bonds is 0. The number of allylic oxidation sites excluding steroid dienone is 2. The lowest BCUT2D eigenvalue weighted by Crippen LogP contribution is -2.77. The summed E-state index contributed by atoms with van der Waals surface area (Å²) in [6, 6.07) is 6.76. The summed E-state index contributed by atoms with van der Waals surface area (Å²) in [5, 5.41) is 0. The quantitative estimate of drug-likeness (QED) is 0.698. The Morgan fingerprint density at radius 1 is 1.17 bits per heavy atom. The summed E-state index contributed by atoms with van der Waals surface area (Å²) in [7, 11) is 1.77. The van der Waals surface area contributed by atoms with Crippen LogP contribution >= 0.6 is 11.8 Å².